The molecule has 1 amide bonds. The van der Waals surface area contributed by atoms with E-state index in [9.17, 15) is 4.79 Å². The zero-order valence-electron chi connectivity index (χ0n) is 12.0. The van der Waals surface area contributed by atoms with Crippen LogP contribution in [0.25, 0.3) is 11.3 Å². The molecule has 2 atom stereocenters. The summed E-state index contributed by atoms with van der Waals surface area (Å²) in [7, 11) is 0. The topological polar surface area (TPSA) is 67.2 Å². The first kappa shape index (κ1) is 13.8. The Morgan fingerprint density at radius 2 is 2.38 bits per heavy atom. The van der Waals surface area contributed by atoms with Crippen molar-refractivity contribution in [2.45, 2.75) is 25.8 Å². The number of piperidine rings is 1. The van der Waals surface area contributed by atoms with Gasteiger partial charge in [-0.1, -0.05) is 12.1 Å². The van der Waals surface area contributed by atoms with Crippen LogP contribution in [0.15, 0.2) is 41.3 Å². The molecule has 3 rings (SSSR count). The van der Waals surface area contributed by atoms with E-state index in [0.717, 1.165) is 30.6 Å². The van der Waals surface area contributed by atoms with Gasteiger partial charge in [0.15, 0.2) is 12.2 Å². The predicted octanol–water partition coefficient (Wildman–Crippen LogP) is 2.67. The standard InChI is InChI=1S/C16H19N3O2/c1-11-7-13(5-6-18-11)16(20)19-14-4-2-3-12(8-14)15-9-17-10-21-15/h2-4,8-11,13,18H,5-7H2,1H3,(H,19,20). The predicted molar refractivity (Wildman–Crippen MR) is 80.8 cm³/mol. The lowest BCUT2D eigenvalue weighted by atomic mass is 9.92. The van der Waals surface area contributed by atoms with Crippen LogP contribution in [0.5, 0.6) is 0 Å². The molecular weight excluding hydrogens is 266 g/mol. The molecule has 1 aromatic heterocycles. The second-order valence-corrected chi connectivity index (χ2v) is 5.51. The van der Waals surface area contributed by atoms with E-state index in [-0.39, 0.29) is 11.8 Å². The van der Waals surface area contributed by atoms with E-state index < -0.39 is 0 Å². The van der Waals surface area contributed by atoms with E-state index in [1.807, 2.05) is 24.3 Å². The third-order valence-electron chi connectivity index (χ3n) is 3.84. The van der Waals surface area contributed by atoms with Crippen LogP contribution in [-0.2, 0) is 4.79 Å². The zero-order chi connectivity index (χ0) is 14.7. The van der Waals surface area contributed by atoms with Gasteiger partial charge in [-0.3, -0.25) is 4.79 Å². The molecule has 1 aliphatic rings. The molecule has 1 aromatic carbocycles. The first-order valence-corrected chi connectivity index (χ1v) is 7.25. The second-order valence-electron chi connectivity index (χ2n) is 5.51. The average molecular weight is 285 g/mol. The summed E-state index contributed by atoms with van der Waals surface area (Å²) in [5, 5.41) is 6.36. The third-order valence-corrected chi connectivity index (χ3v) is 3.84. The molecule has 1 aliphatic heterocycles. The third kappa shape index (κ3) is 3.31. The van der Waals surface area contributed by atoms with Crippen LogP contribution in [0, 0.1) is 5.92 Å². The second kappa shape index (κ2) is 6.10. The number of hydrogen-bond acceptors (Lipinski definition) is 4. The minimum Gasteiger partial charge on any atom is -0.444 e. The lowest BCUT2D eigenvalue weighted by Crippen LogP contribution is -2.40. The molecule has 0 radical (unpaired) electrons. The van der Waals surface area contributed by atoms with Crippen molar-refractivity contribution in [3.05, 3.63) is 36.9 Å². The summed E-state index contributed by atoms with van der Waals surface area (Å²) in [4.78, 5) is 16.2. The molecule has 21 heavy (non-hydrogen) atoms. The van der Waals surface area contributed by atoms with Crippen molar-refractivity contribution in [2.75, 3.05) is 11.9 Å². The maximum atomic E-state index is 12.3. The highest BCUT2D eigenvalue weighted by molar-refractivity contribution is 5.93. The zero-order valence-corrected chi connectivity index (χ0v) is 12.0. The first-order chi connectivity index (χ1) is 10.2. The van der Waals surface area contributed by atoms with Gasteiger partial charge in [0, 0.05) is 23.2 Å². The molecule has 0 saturated carbocycles. The highest BCUT2D eigenvalue weighted by atomic mass is 16.3. The van der Waals surface area contributed by atoms with Crippen LogP contribution in [0.4, 0.5) is 5.69 Å². The van der Waals surface area contributed by atoms with Crippen molar-refractivity contribution >= 4 is 11.6 Å². The van der Waals surface area contributed by atoms with E-state index in [1.54, 1.807) is 6.20 Å². The van der Waals surface area contributed by atoms with Gasteiger partial charge in [0.2, 0.25) is 5.91 Å². The van der Waals surface area contributed by atoms with Gasteiger partial charge in [0.1, 0.15) is 0 Å². The number of hydrogen-bond donors (Lipinski definition) is 2. The molecule has 1 saturated heterocycles. The maximum Gasteiger partial charge on any atom is 0.227 e. The maximum absolute atomic E-state index is 12.3. The van der Waals surface area contributed by atoms with Gasteiger partial charge in [0.25, 0.3) is 0 Å². The monoisotopic (exact) mass is 285 g/mol. The van der Waals surface area contributed by atoms with Crippen LogP contribution in [0.1, 0.15) is 19.8 Å². The van der Waals surface area contributed by atoms with E-state index >= 15 is 0 Å². The Morgan fingerprint density at radius 1 is 1.48 bits per heavy atom. The fourth-order valence-corrected chi connectivity index (χ4v) is 2.72. The van der Waals surface area contributed by atoms with Crippen molar-refractivity contribution < 1.29 is 9.21 Å². The molecule has 2 unspecified atom stereocenters. The number of nitrogens with one attached hydrogen (secondary N) is 2. The van der Waals surface area contributed by atoms with Crippen LogP contribution >= 0.6 is 0 Å². The van der Waals surface area contributed by atoms with E-state index in [0.29, 0.717) is 11.8 Å². The molecule has 1 fully saturated rings. The number of carbonyl (C=O) groups is 1. The molecule has 5 nitrogen and oxygen atoms in total. The molecule has 0 aliphatic carbocycles. The Morgan fingerprint density at radius 3 is 3.14 bits per heavy atom. The van der Waals surface area contributed by atoms with Crippen molar-refractivity contribution in [1.29, 1.82) is 0 Å². The average Bonchev–Trinajstić information content (AvgIpc) is 3.02. The highest BCUT2D eigenvalue weighted by Crippen LogP contribution is 2.23. The fraction of sp³-hybridized carbons (Fsp3) is 0.375. The van der Waals surface area contributed by atoms with Crippen LogP contribution in [-0.4, -0.2) is 23.5 Å². The molecule has 2 aromatic rings. The molecule has 5 heteroatoms. The summed E-state index contributed by atoms with van der Waals surface area (Å²) >= 11 is 0. The van der Waals surface area contributed by atoms with Crippen molar-refractivity contribution in [3.63, 3.8) is 0 Å². The van der Waals surface area contributed by atoms with Crippen LogP contribution < -0.4 is 10.6 Å². The molecule has 2 heterocycles. The number of carbonyl (C=O) groups excluding carboxylic acids is 1. The van der Waals surface area contributed by atoms with Crippen molar-refractivity contribution in [2.24, 2.45) is 5.92 Å². The number of nitrogens with zero attached hydrogens (tertiary/aromatic N) is 1. The molecule has 2 N–H and O–H groups in total. The Kier molecular flexibility index (Phi) is 4.01. The number of anilines is 1. The number of oxazole rings is 1. The summed E-state index contributed by atoms with van der Waals surface area (Å²) in [5.74, 6) is 0.870. The summed E-state index contributed by atoms with van der Waals surface area (Å²) in [6.45, 7) is 3.02. The van der Waals surface area contributed by atoms with E-state index in [2.05, 4.69) is 22.5 Å². The smallest absolute Gasteiger partial charge is 0.227 e. The number of rotatable bonds is 3. The quantitative estimate of drug-likeness (QED) is 0.910. The lowest BCUT2D eigenvalue weighted by molar-refractivity contribution is -0.120. The molecule has 0 spiro atoms. The summed E-state index contributed by atoms with van der Waals surface area (Å²) in [6, 6.07) is 8.03. The normalized spacial score (nSPS) is 22.0. The molecular formula is C16H19N3O2. The van der Waals surface area contributed by atoms with Crippen molar-refractivity contribution in [1.82, 2.24) is 10.3 Å². The van der Waals surface area contributed by atoms with Crippen LogP contribution in [0.3, 0.4) is 0 Å². The Balaban J connectivity index is 1.70. The summed E-state index contributed by atoms with van der Waals surface area (Å²) in [5.41, 5.74) is 1.70. The van der Waals surface area contributed by atoms with Crippen molar-refractivity contribution in [3.8, 4) is 11.3 Å². The van der Waals surface area contributed by atoms with Gasteiger partial charge in [-0.2, -0.15) is 0 Å². The van der Waals surface area contributed by atoms with Gasteiger partial charge in [-0.25, -0.2) is 4.98 Å². The Bertz CT molecular complexity index is 610. The first-order valence-electron chi connectivity index (χ1n) is 7.25. The minimum atomic E-state index is 0.0789. The Labute approximate surface area is 123 Å². The van der Waals surface area contributed by atoms with Gasteiger partial charge in [-0.05, 0) is 38.4 Å². The SMILES string of the molecule is CC1CC(C(=O)Nc2cccc(-c3cnco3)c2)CCN1. The number of aromatic nitrogens is 1. The minimum absolute atomic E-state index is 0.0789. The van der Waals surface area contributed by atoms with E-state index in [4.69, 9.17) is 4.42 Å². The molecule has 110 valence electrons. The highest BCUT2D eigenvalue weighted by Gasteiger charge is 2.24. The Hall–Kier alpha value is -2.14. The van der Waals surface area contributed by atoms with Gasteiger partial charge in [0.05, 0.1) is 6.20 Å². The van der Waals surface area contributed by atoms with Gasteiger partial charge < -0.3 is 15.1 Å². The lowest BCUT2D eigenvalue weighted by Gasteiger charge is -2.27. The van der Waals surface area contributed by atoms with E-state index in [1.165, 1.54) is 6.39 Å². The van der Waals surface area contributed by atoms with Gasteiger partial charge in [-0.15, -0.1) is 0 Å². The largest absolute Gasteiger partial charge is 0.444 e. The number of benzene rings is 1. The van der Waals surface area contributed by atoms with Gasteiger partial charge >= 0.3 is 0 Å². The summed E-state index contributed by atoms with van der Waals surface area (Å²) in [6.07, 6.45) is 4.83. The fourth-order valence-electron chi connectivity index (χ4n) is 2.72. The summed E-state index contributed by atoms with van der Waals surface area (Å²) < 4.78 is 5.28. The number of amides is 1. The molecule has 0 bridgehead atoms. The van der Waals surface area contributed by atoms with Crippen LogP contribution in [0.2, 0.25) is 0 Å².